The van der Waals surface area contributed by atoms with E-state index in [1.165, 1.54) is 12.2 Å². The average molecular weight is 221 g/mol. The van der Waals surface area contributed by atoms with Crippen molar-refractivity contribution in [2.24, 2.45) is 17.1 Å². The topological polar surface area (TPSA) is 26.0 Å². The van der Waals surface area contributed by atoms with E-state index in [-0.39, 0.29) is 18.3 Å². The van der Waals surface area contributed by atoms with Gasteiger partial charge in [0.15, 0.2) is 0 Å². The molecule has 1 aliphatic heterocycles. The Kier molecular flexibility index (Phi) is 2.77. The van der Waals surface area contributed by atoms with Crippen LogP contribution in [0, 0.1) is 11.3 Å². The first-order valence-corrected chi connectivity index (χ1v) is 6.39. The number of nitrogens with two attached hydrogens (primary N) is 1. The summed E-state index contributed by atoms with van der Waals surface area (Å²) in [5, 5.41) is 0. The Morgan fingerprint density at radius 2 is 2.07 bits per heavy atom. The summed E-state index contributed by atoms with van der Waals surface area (Å²) in [6, 6.07) is 0. The third kappa shape index (κ3) is 1.78. The maximum Gasteiger partial charge on any atom is 0.249 e. The molecule has 1 heterocycles. The first-order chi connectivity index (χ1) is 6.58. The van der Waals surface area contributed by atoms with Crippen LogP contribution in [0.5, 0.6) is 0 Å². The SMILES string of the molecule is NCC1(C2CCCSC2)CC(F)(F)C1. The molecule has 1 saturated carbocycles. The minimum absolute atomic E-state index is 0.0295. The van der Waals surface area contributed by atoms with E-state index in [2.05, 4.69) is 0 Å². The monoisotopic (exact) mass is 221 g/mol. The van der Waals surface area contributed by atoms with Crippen LogP contribution in [-0.4, -0.2) is 24.0 Å². The van der Waals surface area contributed by atoms with Gasteiger partial charge in [0.05, 0.1) is 0 Å². The molecule has 1 aliphatic carbocycles. The Labute approximate surface area is 87.8 Å². The molecule has 0 radical (unpaired) electrons. The number of hydrogen-bond donors (Lipinski definition) is 1. The van der Waals surface area contributed by atoms with Crippen molar-refractivity contribution >= 4 is 11.8 Å². The fraction of sp³-hybridized carbons (Fsp3) is 1.00. The molecule has 0 bridgehead atoms. The van der Waals surface area contributed by atoms with Gasteiger partial charge in [-0.1, -0.05) is 0 Å². The van der Waals surface area contributed by atoms with Crippen molar-refractivity contribution in [3.05, 3.63) is 0 Å². The van der Waals surface area contributed by atoms with Gasteiger partial charge in [-0.2, -0.15) is 11.8 Å². The summed E-state index contributed by atoms with van der Waals surface area (Å²) in [5.41, 5.74) is 5.45. The van der Waals surface area contributed by atoms with Crippen molar-refractivity contribution in [3.63, 3.8) is 0 Å². The van der Waals surface area contributed by atoms with E-state index in [4.69, 9.17) is 5.73 Å². The minimum atomic E-state index is -2.43. The van der Waals surface area contributed by atoms with Crippen LogP contribution in [0.4, 0.5) is 8.78 Å². The maximum absolute atomic E-state index is 12.9. The number of rotatable bonds is 2. The predicted octanol–water partition coefficient (Wildman–Crippen LogP) is 2.50. The Morgan fingerprint density at radius 3 is 2.50 bits per heavy atom. The van der Waals surface area contributed by atoms with Crippen LogP contribution in [0.1, 0.15) is 25.7 Å². The van der Waals surface area contributed by atoms with E-state index in [0.717, 1.165) is 12.2 Å². The average Bonchev–Trinajstić information content (AvgIpc) is 2.15. The lowest BCUT2D eigenvalue weighted by Crippen LogP contribution is -2.55. The molecule has 4 heteroatoms. The third-order valence-corrected chi connectivity index (χ3v) is 4.87. The molecule has 2 rings (SSSR count). The molecule has 0 amide bonds. The number of alkyl halides is 2. The van der Waals surface area contributed by atoms with E-state index >= 15 is 0 Å². The molecule has 1 unspecified atom stereocenters. The molecule has 0 aromatic rings. The summed E-state index contributed by atoms with van der Waals surface area (Å²) in [6.07, 6.45) is 2.33. The number of halogens is 2. The van der Waals surface area contributed by atoms with Crippen molar-refractivity contribution in [1.82, 2.24) is 0 Å². The Hall–Kier alpha value is 0.170. The van der Waals surface area contributed by atoms with Gasteiger partial charge in [0, 0.05) is 12.8 Å². The fourth-order valence-corrected chi connectivity index (χ4v) is 4.14. The maximum atomic E-state index is 12.9. The Morgan fingerprint density at radius 1 is 1.36 bits per heavy atom. The van der Waals surface area contributed by atoms with E-state index in [9.17, 15) is 8.78 Å². The van der Waals surface area contributed by atoms with Crippen LogP contribution in [-0.2, 0) is 0 Å². The molecular weight excluding hydrogens is 204 g/mol. The van der Waals surface area contributed by atoms with Crippen LogP contribution in [0.2, 0.25) is 0 Å². The summed E-state index contributed by atoms with van der Waals surface area (Å²) in [5.74, 6) is 0.230. The van der Waals surface area contributed by atoms with Crippen LogP contribution in [0.15, 0.2) is 0 Å². The highest BCUT2D eigenvalue weighted by Crippen LogP contribution is 2.57. The molecule has 1 atom stereocenters. The van der Waals surface area contributed by atoms with Gasteiger partial charge in [-0.05, 0) is 42.2 Å². The van der Waals surface area contributed by atoms with Gasteiger partial charge in [-0.25, -0.2) is 8.78 Å². The zero-order valence-electron chi connectivity index (χ0n) is 8.27. The molecule has 2 N–H and O–H groups in total. The summed E-state index contributed by atoms with van der Waals surface area (Å²) >= 11 is 1.89. The van der Waals surface area contributed by atoms with Gasteiger partial charge < -0.3 is 5.73 Å². The highest BCUT2D eigenvalue weighted by atomic mass is 32.2. The quantitative estimate of drug-likeness (QED) is 0.775. The summed E-state index contributed by atoms with van der Waals surface area (Å²) in [4.78, 5) is 0. The highest BCUT2D eigenvalue weighted by Gasteiger charge is 2.58. The second-order valence-corrected chi connectivity index (χ2v) is 5.84. The standard InChI is InChI=1S/C10H17F2NS/c11-10(12)5-9(6-10,7-13)8-2-1-3-14-4-8/h8H,1-7,13H2. The number of thioether (sulfide) groups is 1. The molecule has 2 aliphatic rings. The molecular formula is C10H17F2NS. The van der Waals surface area contributed by atoms with Crippen LogP contribution < -0.4 is 5.73 Å². The molecule has 2 fully saturated rings. The largest absolute Gasteiger partial charge is 0.330 e. The molecule has 82 valence electrons. The molecule has 1 saturated heterocycles. The van der Waals surface area contributed by atoms with Crippen LogP contribution in [0.3, 0.4) is 0 Å². The lowest BCUT2D eigenvalue weighted by molar-refractivity contribution is -0.176. The number of hydrogen-bond acceptors (Lipinski definition) is 2. The van der Waals surface area contributed by atoms with Gasteiger partial charge in [0.1, 0.15) is 0 Å². The zero-order valence-corrected chi connectivity index (χ0v) is 9.09. The van der Waals surface area contributed by atoms with E-state index in [1.807, 2.05) is 11.8 Å². The lowest BCUT2D eigenvalue weighted by atomic mass is 9.58. The minimum Gasteiger partial charge on any atom is -0.330 e. The van der Waals surface area contributed by atoms with Gasteiger partial charge in [0.2, 0.25) is 5.92 Å². The van der Waals surface area contributed by atoms with Crippen molar-refractivity contribution < 1.29 is 8.78 Å². The predicted molar refractivity (Wildman–Crippen MR) is 55.7 cm³/mol. The van der Waals surface area contributed by atoms with Crippen LogP contribution in [0.25, 0.3) is 0 Å². The van der Waals surface area contributed by atoms with Crippen molar-refractivity contribution in [2.45, 2.75) is 31.6 Å². The van der Waals surface area contributed by atoms with Crippen molar-refractivity contribution in [2.75, 3.05) is 18.1 Å². The summed E-state index contributed by atoms with van der Waals surface area (Å²) < 4.78 is 25.8. The third-order valence-electron chi connectivity index (χ3n) is 3.65. The van der Waals surface area contributed by atoms with Crippen LogP contribution >= 0.6 is 11.8 Å². The molecule has 14 heavy (non-hydrogen) atoms. The highest BCUT2D eigenvalue weighted by molar-refractivity contribution is 7.99. The normalized spacial score (nSPS) is 34.9. The smallest absolute Gasteiger partial charge is 0.249 e. The van der Waals surface area contributed by atoms with Gasteiger partial charge in [-0.3, -0.25) is 0 Å². The molecule has 0 spiro atoms. The van der Waals surface area contributed by atoms with Crippen molar-refractivity contribution in [3.8, 4) is 0 Å². The van der Waals surface area contributed by atoms with Crippen molar-refractivity contribution in [1.29, 1.82) is 0 Å². The second-order valence-electron chi connectivity index (χ2n) is 4.69. The van der Waals surface area contributed by atoms with Gasteiger partial charge >= 0.3 is 0 Å². The first kappa shape index (κ1) is 10.7. The molecule has 1 nitrogen and oxygen atoms in total. The molecule has 0 aromatic heterocycles. The molecule has 0 aromatic carbocycles. The van der Waals surface area contributed by atoms with E-state index in [1.54, 1.807) is 0 Å². The van der Waals surface area contributed by atoms with Gasteiger partial charge in [-0.15, -0.1) is 0 Å². The Bertz CT molecular complexity index is 206. The van der Waals surface area contributed by atoms with Gasteiger partial charge in [0.25, 0.3) is 0 Å². The zero-order chi connectivity index (χ0) is 10.2. The van der Waals surface area contributed by atoms with E-state index in [0.29, 0.717) is 12.5 Å². The first-order valence-electron chi connectivity index (χ1n) is 5.24. The summed E-state index contributed by atoms with van der Waals surface area (Å²) in [6.45, 7) is 0.438. The Balaban J connectivity index is 1.99. The van der Waals surface area contributed by atoms with E-state index < -0.39 is 5.92 Å². The fourth-order valence-electron chi connectivity index (χ4n) is 2.80. The lowest BCUT2D eigenvalue weighted by Gasteiger charge is -2.52. The second kappa shape index (κ2) is 3.63. The summed E-state index contributed by atoms with van der Waals surface area (Å²) in [7, 11) is 0.